The van der Waals surface area contributed by atoms with Crippen molar-refractivity contribution in [2.24, 2.45) is 0 Å². The first-order valence-electron chi connectivity index (χ1n) is 10.0. The van der Waals surface area contributed by atoms with Gasteiger partial charge in [-0.3, -0.25) is 9.47 Å². The highest BCUT2D eigenvalue weighted by molar-refractivity contribution is 5.73. The molecule has 4 aromatic rings. The number of para-hydroxylation sites is 2. The van der Waals surface area contributed by atoms with Gasteiger partial charge in [0.25, 0.3) is 0 Å². The summed E-state index contributed by atoms with van der Waals surface area (Å²) in [7, 11) is 0. The molecule has 0 N–H and O–H groups in total. The Morgan fingerprint density at radius 2 is 1.23 bits per heavy atom. The van der Waals surface area contributed by atoms with Crippen LogP contribution >= 0.6 is 0 Å². The second kappa shape index (κ2) is 8.34. The molecule has 0 saturated carbocycles. The Morgan fingerprint density at radius 1 is 0.667 bits per heavy atom. The molecule has 1 fully saturated rings. The van der Waals surface area contributed by atoms with Crippen molar-refractivity contribution in [1.29, 1.82) is 0 Å². The molecular weight excluding hydrogens is 376 g/mol. The fraction of sp³-hybridized carbons (Fsp3) is 0.174. The summed E-state index contributed by atoms with van der Waals surface area (Å²) in [6.07, 6.45) is 3.88. The third-order valence-corrected chi connectivity index (χ3v) is 4.96. The minimum atomic E-state index is 0.576. The summed E-state index contributed by atoms with van der Waals surface area (Å²) >= 11 is 0. The quantitative estimate of drug-likeness (QED) is 0.507. The van der Waals surface area contributed by atoms with Crippen LogP contribution in [0.15, 0.2) is 85.2 Å². The molecule has 0 radical (unpaired) electrons. The van der Waals surface area contributed by atoms with Crippen LogP contribution in [-0.4, -0.2) is 45.8 Å². The van der Waals surface area contributed by atoms with Crippen molar-refractivity contribution in [3.63, 3.8) is 0 Å². The van der Waals surface area contributed by atoms with Gasteiger partial charge in [0.05, 0.1) is 13.2 Å². The normalized spacial score (nSPS) is 13.9. The van der Waals surface area contributed by atoms with E-state index < -0.39 is 0 Å². The average molecular weight is 398 g/mol. The van der Waals surface area contributed by atoms with E-state index in [0.29, 0.717) is 31.1 Å². The molecule has 0 unspecified atom stereocenters. The Balaban J connectivity index is 1.67. The molecule has 3 heterocycles. The monoisotopic (exact) mass is 398 g/mol. The largest absolute Gasteiger partial charge is 0.378 e. The summed E-state index contributed by atoms with van der Waals surface area (Å²) in [6, 6.07) is 24.2. The number of hydrogen-bond acceptors (Lipinski definition) is 6. The molecule has 0 atom stereocenters. The number of anilines is 4. The molecule has 0 amide bonds. The summed E-state index contributed by atoms with van der Waals surface area (Å²) in [5, 5.41) is 0. The topological polar surface area (TPSA) is 59.3 Å². The molecule has 7 heteroatoms. The molecule has 0 aliphatic carbocycles. The highest BCUT2D eigenvalue weighted by Crippen LogP contribution is 2.32. The molecule has 2 aromatic carbocycles. The Morgan fingerprint density at radius 3 is 1.83 bits per heavy atom. The molecule has 1 saturated heterocycles. The number of hydrogen-bond donors (Lipinski definition) is 0. The zero-order valence-corrected chi connectivity index (χ0v) is 16.5. The van der Waals surface area contributed by atoms with Gasteiger partial charge < -0.3 is 9.64 Å². The van der Waals surface area contributed by atoms with E-state index in [-0.39, 0.29) is 0 Å². The molecular formula is C23H22N6O. The lowest BCUT2D eigenvalue weighted by Crippen LogP contribution is -2.37. The van der Waals surface area contributed by atoms with Crippen molar-refractivity contribution in [1.82, 2.24) is 19.5 Å². The smallest absolute Gasteiger partial charge is 0.241 e. The molecule has 1 aliphatic heterocycles. The predicted octanol–water partition coefficient (Wildman–Crippen LogP) is 3.97. The third-order valence-electron chi connectivity index (χ3n) is 4.96. The van der Waals surface area contributed by atoms with Crippen molar-refractivity contribution in [2.75, 3.05) is 36.1 Å². The van der Waals surface area contributed by atoms with Gasteiger partial charge in [-0.05, 0) is 36.4 Å². The van der Waals surface area contributed by atoms with Crippen molar-refractivity contribution >= 4 is 23.3 Å². The number of ether oxygens (including phenoxy) is 1. The van der Waals surface area contributed by atoms with Gasteiger partial charge in [0, 0.05) is 36.9 Å². The lowest BCUT2D eigenvalue weighted by molar-refractivity contribution is 0.122. The third kappa shape index (κ3) is 3.75. The van der Waals surface area contributed by atoms with Crippen LogP contribution < -0.4 is 9.80 Å². The average Bonchev–Trinajstić information content (AvgIpc) is 3.36. The van der Waals surface area contributed by atoms with Crippen molar-refractivity contribution in [2.45, 2.75) is 0 Å². The minimum Gasteiger partial charge on any atom is -0.378 e. The van der Waals surface area contributed by atoms with Gasteiger partial charge in [0.15, 0.2) is 0 Å². The molecule has 0 bridgehead atoms. The van der Waals surface area contributed by atoms with E-state index in [4.69, 9.17) is 19.7 Å². The Bertz CT molecular complexity index is 1040. The van der Waals surface area contributed by atoms with Crippen LogP contribution in [0.2, 0.25) is 0 Å². The SMILES string of the molecule is c1ccc(N(c2ccccc2)c2nc(N3CCOCC3)nc(-n3cccc3)n2)cc1. The highest BCUT2D eigenvalue weighted by atomic mass is 16.5. The van der Waals surface area contributed by atoms with E-state index in [1.807, 2.05) is 65.5 Å². The first-order chi connectivity index (χ1) is 14.9. The standard InChI is InChI=1S/C23H22N6O/c1-3-9-19(10-4-1)29(20-11-5-2-6-12-20)23-25-21(27-13-7-8-14-27)24-22(26-23)28-15-17-30-18-16-28/h1-14H,15-18H2. The lowest BCUT2D eigenvalue weighted by atomic mass is 10.2. The van der Waals surface area contributed by atoms with Gasteiger partial charge in [-0.2, -0.15) is 15.0 Å². The van der Waals surface area contributed by atoms with Crippen LogP contribution in [0.3, 0.4) is 0 Å². The Hall–Kier alpha value is -3.71. The minimum absolute atomic E-state index is 0.576. The zero-order valence-electron chi connectivity index (χ0n) is 16.5. The van der Waals surface area contributed by atoms with E-state index >= 15 is 0 Å². The highest BCUT2D eigenvalue weighted by Gasteiger charge is 2.21. The number of aromatic nitrogens is 4. The first-order valence-corrected chi connectivity index (χ1v) is 10.0. The molecule has 150 valence electrons. The summed E-state index contributed by atoms with van der Waals surface area (Å²) in [4.78, 5) is 18.7. The summed E-state index contributed by atoms with van der Waals surface area (Å²) in [5.74, 6) is 1.82. The summed E-state index contributed by atoms with van der Waals surface area (Å²) in [5.41, 5.74) is 1.97. The second-order valence-electron chi connectivity index (χ2n) is 6.93. The maximum absolute atomic E-state index is 5.51. The summed E-state index contributed by atoms with van der Waals surface area (Å²) < 4.78 is 7.42. The van der Waals surface area contributed by atoms with Crippen LogP contribution in [0.4, 0.5) is 23.3 Å². The summed E-state index contributed by atoms with van der Waals surface area (Å²) in [6.45, 7) is 2.85. The van der Waals surface area contributed by atoms with E-state index in [1.54, 1.807) is 0 Å². The van der Waals surface area contributed by atoms with Crippen molar-refractivity contribution in [3.05, 3.63) is 85.2 Å². The predicted molar refractivity (Wildman–Crippen MR) is 117 cm³/mol. The van der Waals surface area contributed by atoms with Gasteiger partial charge in [0.1, 0.15) is 0 Å². The van der Waals surface area contributed by atoms with E-state index in [0.717, 1.165) is 24.5 Å². The second-order valence-corrected chi connectivity index (χ2v) is 6.93. The zero-order chi connectivity index (χ0) is 20.2. The van der Waals surface area contributed by atoms with E-state index in [9.17, 15) is 0 Å². The van der Waals surface area contributed by atoms with Crippen LogP contribution in [-0.2, 0) is 4.74 Å². The number of rotatable bonds is 5. The van der Waals surface area contributed by atoms with Gasteiger partial charge in [-0.25, -0.2) is 0 Å². The Kier molecular flexibility index (Phi) is 5.10. The number of benzene rings is 2. The van der Waals surface area contributed by atoms with Crippen LogP contribution in [0.25, 0.3) is 5.95 Å². The van der Waals surface area contributed by atoms with Crippen molar-refractivity contribution < 1.29 is 4.74 Å². The van der Waals surface area contributed by atoms with Crippen LogP contribution in [0.5, 0.6) is 0 Å². The van der Waals surface area contributed by atoms with Crippen LogP contribution in [0.1, 0.15) is 0 Å². The van der Waals surface area contributed by atoms with Gasteiger partial charge in [0.2, 0.25) is 17.8 Å². The fourth-order valence-corrected chi connectivity index (χ4v) is 3.47. The van der Waals surface area contributed by atoms with Gasteiger partial charge >= 0.3 is 0 Å². The maximum atomic E-state index is 5.51. The van der Waals surface area contributed by atoms with Gasteiger partial charge in [-0.15, -0.1) is 0 Å². The molecule has 30 heavy (non-hydrogen) atoms. The number of morpholine rings is 1. The molecule has 2 aromatic heterocycles. The van der Waals surface area contributed by atoms with E-state index in [2.05, 4.69) is 34.1 Å². The molecule has 0 spiro atoms. The van der Waals surface area contributed by atoms with Gasteiger partial charge in [-0.1, -0.05) is 36.4 Å². The number of nitrogens with zero attached hydrogens (tertiary/aromatic N) is 6. The molecule has 7 nitrogen and oxygen atoms in total. The molecule has 1 aliphatic rings. The Labute approximate surface area is 175 Å². The maximum Gasteiger partial charge on any atom is 0.241 e. The molecule has 5 rings (SSSR count). The first kappa shape index (κ1) is 18.3. The van der Waals surface area contributed by atoms with E-state index in [1.165, 1.54) is 0 Å². The van der Waals surface area contributed by atoms with Crippen LogP contribution in [0, 0.1) is 0 Å². The van der Waals surface area contributed by atoms with Crippen molar-refractivity contribution in [3.8, 4) is 5.95 Å². The lowest BCUT2D eigenvalue weighted by Gasteiger charge is -2.29. The fourth-order valence-electron chi connectivity index (χ4n) is 3.47.